The van der Waals surface area contributed by atoms with E-state index >= 15 is 0 Å². The molecule has 0 spiro atoms. The number of ether oxygens (including phenoxy) is 3. The van der Waals surface area contributed by atoms with E-state index in [9.17, 15) is 14.9 Å². The summed E-state index contributed by atoms with van der Waals surface area (Å²) in [5.74, 6) is 0.228. The van der Waals surface area contributed by atoms with Gasteiger partial charge in [-0.2, -0.15) is 0 Å². The number of nitro groups is 1. The number of carbonyl (C=O) groups is 1. The normalized spacial score (nSPS) is 11.9. The lowest BCUT2D eigenvalue weighted by Crippen LogP contribution is -2.26. The maximum atomic E-state index is 12.6. The lowest BCUT2D eigenvalue weighted by Gasteiger charge is -2.18. The van der Waals surface area contributed by atoms with Crippen molar-refractivity contribution in [1.29, 1.82) is 0 Å². The van der Waals surface area contributed by atoms with Crippen molar-refractivity contribution in [3.63, 3.8) is 0 Å². The molecule has 0 saturated heterocycles. The van der Waals surface area contributed by atoms with E-state index in [2.05, 4.69) is 13.8 Å². The Bertz CT molecular complexity index is 923. The molecule has 0 saturated carbocycles. The largest absolute Gasteiger partial charge is 0.514 e. The smallest absolute Gasteiger partial charge is 0.428 e. The van der Waals surface area contributed by atoms with E-state index in [0.29, 0.717) is 13.2 Å². The van der Waals surface area contributed by atoms with Crippen LogP contribution in [0.2, 0.25) is 0 Å². The monoisotopic (exact) mass is 732 g/mol. The number of non-ortho nitro benzene ring substituents is 1. The van der Waals surface area contributed by atoms with Crippen molar-refractivity contribution >= 4 is 11.8 Å². The fraction of sp³-hybridized carbons (Fsp3) is 0.844. The predicted octanol–water partition coefficient (Wildman–Crippen LogP) is 15.4. The van der Waals surface area contributed by atoms with Crippen LogP contribution in [0, 0.1) is 10.1 Å². The Kier molecular flexibility index (Phi) is 34.2. The molecule has 0 fully saturated rings. The van der Waals surface area contributed by atoms with Crippen molar-refractivity contribution in [3.05, 3.63) is 34.4 Å². The highest BCUT2D eigenvalue weighted by molar-refractivity contribution is 5.64. The van der Waals surface area contributed by atoms with Crippen LogP contribution < -0.4 is 4.74 Å². The molecule has 7 nitrogen and oxygen atoms in total. The van der Waals surface area contributed by atoms with Crippen molar-refractivity contribution in [1.82, 2.24) is 0 Å². The second-order valence-electron chi connectivity index (χ2n) is 15.3. The topological polar surface area (TPSA) is 87.9 Å². The number of nitrogens with zero attached hydrogens (tertiary/aromatic N) is 1. The van der Waals surface area contributed by atoms with Crippen LogP contribution in [0.3, 0.4) is 0 Å². The van der Waals surface area contributed by atoms with E-state index in [1.165, 1.54) is 210 Å². The van der Waals surface area contributed by atoms with Crippen molar-refractivity contribution in [2.24, 2.45) is 0 Å². The van der Waals surface area contributed by atoms with Gasteiger partial charge in [-0.25, -0.2) is 4.79 Å². The molecule has 0 amide bonds. The Hall–Kier alpha value is -2.15. The van der Waals surface area contributed by atoms with Gasteiger partial charge in [-0.3, -0.25) is 10.1 Å². The molecule has 1 unspecified atom stereocenters. The van der Waals surface area contributed by atoms with Crippen LogP contribution in [0.25, 0.3) is 0 Å². The standard InChI is InChI=1S/C45H81NO6/c1-3-5-7-9-11-13-15-17-19-21-23-25-27-29-31-33-35-44(52-45(47)51-43-38-36-42(37-39-43)46(48)49)41-50-40-34-32-30-28-26-24-22-20-18-16-14-12-10-8-6-4-2/h36-39,44H,3-35,40-41H2,1-2H3. The van der Waals surface area contributed by atoms with Gasteiger partial charge >= 0.3 is 6.16 Å². The minimum Gasteiger partial charge on any atom is -0.428 e. The molecule has 0 radical (unpaired) electrons. The van der Waals surface area contributed by atoms with Crippen LogP contribution >= 0.6 is 0 Å². The van der Waals surface area contributed by atoms with Crippen LogP contribution in [0.15, 0.2) is 24.3 Å². The van der Waals surface area contributed by atoms with E-state index in [1.807, 2.05) is 0 Å². The van der Waals surface area contributed by atoms with E-state index in [-0.39, 0.29) is 17.5 Å². The maximum Gasteiger partial charge on any atom is 0.514 e. The van der Waals surface area contributed by atoms with Crippen LogP contribution in [0.4, 0.5) is 10.5 Å². The van der Waals surface area contributed by atoms with Gasteiger partial charge in [0, 0.05) is 18.7 Å². The number of nitro benzene ring substituents is 1. The summed E-state index contributed by atoms with van der Waals surface area (Å²) in [4.78, 5) is 23.0. The first-order valence-corrected chi connectivity index (χ1v) is 22.3. The fourth-order valence-electron chi connectivity index (χ4n) is 6.96. The molecule has 0 N–H and O–H groups in total. The molecule has 0 aromatic heterocycles. The molecule has 1 atom stereocenters. The molecule has 0 aliphatic rings. The lowest BCUT2D eigenvalue weighted by molar-refractivity contribution is -0.384. The first kappa shape index (κ1) is 47.9. The Labute approximate surface area is 320 Å². The number of rotatable bonds is 39. The Morgan fingerprint density at radius 2 is 0.885 bits per heavy atom. The summed E-state index contributed by atoms with van der Waals surface area (Å²) in [5.41, 5.74) is -0.0513. The molecule has 0 bridgehead atoms. The van der Waals surface area contributed by atoms with Gasteiger partial charge < -0.3 is 14.2 Å². The first-order valence-electron chi connectivity index (χ1n) is 22.3. The summed E-state index contributed by atoms with van der Waals surface area (Å²) >= 11 is 0. The van der Waals surface area contributed by atoms with Gasteiger partial charge in [0.2, 0.25) is 0 Å². The molecule has 52 heavy (non-hydrogen) atoms. The van der Waals surface area contributed by atoms with Crippen molar-refractivity contribution in [2.75, 3.05) is 13.2 Å². The number of carbonyl (C=O) groups excluding carboxylic acids is 1. The Morgan fingerprint density at radius 3 is 1.25 bits per heavy atom. The van der Waals surface area contributed by atoms with Crippen LogP contribution in [0.1, 0.15) is 226 Å². The van der Waals surface area contributed by atoms with Crippen molar-refractivity contribution in [3.8, 4) is 5.75 Å². The van der Waals surface area contributed by atoms with Gasteiger partial charge in [0.25, 0.3) is 5.69 Å². The summed E-state index contributed by atoms with van der Waals surface area (Å²) in [7, 11) is 0. The zero-order valence-electron chi connectivity index (χ0n) is 34.0. The molecule has 1 aromatic carbocycles. The quantitative estimate of drug-likeness (QED) is 0.0220. The maximum absolute atomic E-state index is 12.6. The first-order chi connectivity index (χ1) is 25.6. The predicted molar refractivity (Wildman–Crippen MR) is 219 cm³/mol. The van der Waals surface area contributed by atoms with Crippen molar-refractivity contribution < 1.29 is 23.9 Å². The van der Waals surface area contributed by atoms with Gasteiger partial charge in [0.05, 0.1) is 11.5 Å². The summed E-state index contributed by atoms with van der Waals surface area (Å²) in [6, 6.07) is 5.46. The van der Waals surface area contributed by atoms with Crippen LogP contribution in [-0.4, -0.2) is 30.4 Å². The molecular weight excluding hydrogens is 650 g/mol. The molecule has 0 aliphatic heterocycles. The summed E-state index contributed by atoms with van der Waals surface area (Å²) in [6.07, 6.45) is 42.2. The summed E-state index contributed by atoms with van der Waals surface area (Å²) in [6.45, 7) is 5.60. The molecule has 0 aliphatic carbocycles. The third-order valence-corrected chi connectivity index (χ3v) is 10.3. The molecular formula is C45H81NO6. The molecule has 1 aromatic rings. The Balaban J connectivity index is 2.17. The zero-order valence-corrected chi connectivity index (χ0v) is 34.0. The number of hydrogen-bond acceptors (Lipinski definition) is 6. The second kappa shape index (κ2) is 37.2. The van der Waals surface area contributed by atoms with E-state index < -0.39 is 11.1 Å². The summed E-state index contributed by atoms with van der Waals surface area (Å²) < 4.78 is 17.0. The Morgan fingerprint density at radius 1 is 0.538 bits per heavy atom. The van der Waals surface area contributed by atoms with Crippen LogP contribution in [0.5, 0.6) is 5.75 Å². The van der Waals surface area contributed by atoms with E-state index in [4.69, 9.17) is 14.2 Å². The molecule has 302 valence electrons. The number of benzene rings is 1. The second-order valence-corrected chi connectivity index (χ2v) is 15.3. The lowest BCUT2D eigenvalue weighted by atomic mass is 10.0. The van der Waals surface area contributed by atoms with E-state index in [0.717, 1.165) is 25.7 Å². The van der Waals surface area contributed by atoms with Gasteiger partial charge in [0.15, 0.2) is 0 Å². The average Bonchev–Trinajstić information content (AvgIpc) is 3.14. The number of hydrogen-bond donors (Lipinski definition) is 0. The van der Waals surface area contributed by atoms with Gasteiger partial charge in [-0.1, -0.05) is 206 Å². The van der Waals surface area contributed by atoms with Gasteiger partial charge in [-0.15, -0.1) is 0 Å². The highest BCUT2D eigenvalue weighted by atomic mass is 16.7. The molecule has 1 rings (SSSR count). The minimum atomic E-state index is -0.790. The summed E-state index contributed by atoms with van der Waals surface area (Å²) in [5, 5.41) is 10.9. The third kappa shape index (κ3) is 31.4. The van der Waals surface area contributed by atoms with Crippen molar-refractivity contribution in [2.45, 2.75) is 232 Å². The average molecular weight is 732 g/mol. The van der Waals surface area contributed by atoms with Crippen LogP contribution in [-0.2, 0) is 9.47 Å². The third-order valence-electron chi connectivity index (χ3n) is 10.3. The highest BCUT2D eigenvalue weighted by Crippen LogP contribution is 2.20. The molecule has 7 heteroatoms. The van der Waals surface area contributed by atoms with Gasteiger partial charge in [0.1, 0.15) is 11.9 Å². The van der Waals surface area contributed by atoms with Gasteiger partial charge in [-0.05, 0) is 31.4 Å². The fourth-order valence-corrected chi connectivity index (χ4v) is 6.96. The number of unbranched alkanes of at least 4 members (excludes halogenated alkanes) is 30. The van der Waals surface area contributed by atoms with E-state index in [1.54, 1.807) is 0 Å². The minimum absolute atomic E-state index is 0.0513. The highest BCUT2D eigenvalue weighted by Gasteiger charge is 2.17. The molecule has 0 heterocycles. The SMILES string of the molecule is CCCCCCCCCCCCCCCCCCOCC(CCCCCCCCCCCCCCCCCC)OC(=O)Oc1ccc([N+](=O)[O-])cc1. The zero-order chi connectivity index (χ0) is 37.6.